The first-order chi connectivity index (χ1) is 10.6. The monoisotopic (exact) mass is 308 g/mol. The second-order valence-electron chi connectivity index (χ2n) is 7.07. The summed E-state index contributed by atoms with van der Waals surface area (Å²) in [6.07, 6.45) is 6.18. The smallest absolute Gasteiger partial charge is 0.234 e. The summed E-state index contributed by atoms with van der Waals surface area (Å²) >= 11 is 0. The number of nitrogens with two attached hydrogens (primary N) is 1. The summed E-state index contributed by atoms with van der Waals surface area (Å²) < 4.78 is 0. The van der Waals surface area contributed by atoms with E-state index in [9.17, 15) is 9.59 Å². The fourth-order valence-electron chi connectivity index (χ4n) is 3.54. The minimum Gasteiger partial charge on any atom is -0.352 e. The molecular weight excluding hydrogens is 280 g/mol. The fourth-order valence-corrected chi connectivity index (χ4v) is 3.54. The quantitative estimate of drug-likeness (QED) is 0.762. The van der Waals surface area contributed by atoms with E-state index >= 15 is 0 Å². The Hall–Kier alpha value is -1.14. The van der Waals surface area contributed by atoms with Gasteiger partial charge in [0.25, 0.3) is 0 Å². The Balaban J connectivity index is 1.40. The summed E-state index contributed by atoms with van der Waals surface area (Å²) in [6.45, 7) is 3.53. The molecule has 0 spiro atoms. The van der Waals surface area contributed by atoms with Gasteiger partial charge in [0.2, 0.25) is 11.8 Å². The average molecular weight is 308 g/mol. The zero-order valence-corrected chi connectivity index (χ0v) is 13.3. The number of carbonyl (C=O) groups is 2. The molecule has 1 aliphatic heterocycles. The molecule has 0 aromatic carbocycles. The highest BCUT2D eigenvalue weighted by atomic mass is 16.2. The summed E-state index contributed by atoms with van der Waals surface area (Å²) in [5.41, 5.74) is 5.99. The Morgan fingerprint density at radius 2 is 1.77 bits per heavy atom. The van der Waals surface area contributed by atoms with Gasteiger partial charge >= 0.3 is 0 Å². The van der Waals surface area contributed by atoms with Crippen molar-refractivity contribution in [2.45, 2.75) is 50.6 Å². The van der Waals surface area contributed by atoms with E-state index in [1.54, 1.807) is 0 Å². The van der Waals surface area contributed by atoms with Crippen molar-refractivity contribution in [1.82, 2.24) is 15.1 Å². The number of carbonyl (C=O) groups excluding carboxylic acids is 2. The molecule has 6 nitrogen and oxygen atoms in total. The zero-order valence-electron chi connectivity index (χ0n) is 13.3. The Morgan fingerprint density at radius 3 is 2.41 bits per heavy atom. The van der Waals surface area contributed by atoms with Crippen LogP contribution >= 0.6 is 0 Å². The number of amides is 2. The van der Waals surface area contributed by atoms with E-state index in [0.29, 0.717) is 12.6 Å². The standard InChI is InChI=1S/C16H28N4O2/c17-13-3-1-2-12(10-13)16(22)20-8-6-19(7-9-20)11-15(21)18-14-4-5-14/h12-14H,1-11,17H2,(H,18,21). The third-order valence-corrected chi connectivity index (χ3v) is 5.06. The lowest BCUT2D eigenvalue weighted by molar-refractivity contribution is -0.138. The molecule has 0 aromatic rings. The number of hydrogen-bond acceptors (Lipinski definition) is 4. The molecule has 6 heteroatoms. The predicted octanol–water partition coefficient (Wildman–Crippen LogP) is -0.0733. The van der Waals surface area contributed by atoms with Crippen molar-refractivity contribution in [2.24, 2.45) is 11.7 Å². The molecule has 2 aliphatic carbocycles. The van der Waals surface area contributed by atoms with E-state index in [1.807, 2.05) is 4.90 Å². The van der Waals surface area contributed by atoms with Crippen molar-refractivity contribution < 1.29 is 9.59 Å². The van der Waals surface area contributed by atoms with Gasteiger partial charge in [-0.25, -0.2) is 0 Å². The van der Waals surface area contributed by atoms with Crippen LogP contribution in [-0.2, 0) is 9.59 Å². The van der Waals surface area contributed by atoms with Crippen molar-refractivity contribution in [2.75, 3.05) is 32.7 Å². The highest BCUT2D eigenvalue weighted by Crippen LogP contribution is 2.25. The van der Waals surface area contributed by atoms with Crippen LogP contribution in [0.2, 0.25) is 0 Å². The van der Waals surface area contributed by atoms with Crippen LogP contribution in [0.1, 0.15) is 38.5 Å². The van der Waals surface area contributed by atoms with Gasteiger partial charge in [-0.05, 0) is 32.1 Å². The van der Waals surface area contributed by atoms with Crippen LogP contribution < -0.4 is 11.1 Å². The number of nitrogens with zero attached hydrogens (tertiary/aromatic N) is 2. The zero-order chi connectivity index (χ0) is 15.5. The lowest BCUT2D eigenvalue weighted by Gasteiger charge is -2.37. The largest absolute Gasteiger partial charge is 0.352 e. The van der Waals surface area contributed by atoms with Gasteiger partial charge in [0.15, 0.2) is 0 Å². The summed E-state index contributed by atoms with van der Waals surface area (Å²) in [5.74, 6) is 0.520. The third-order valence-electron chi connectivity index (χ3n) is 5.06. The molecule has 1 saturated heterocycles. The van der Waals surface area contributed by atoms with E-state index in [4.69, 9.17) is 5.73 Å². The molecule has 2 saturated carbocycles. The number of rotatable bonds is 4. The van der Waals surface area contributed by atoms with Crippen LogP contribution in [0.4, 0.5) is 0 Å². The maximum atomic E-state index is 12.6. The highest BCUT2D eigenvalue weighted by molar-refractivity contribution is 5.80. The molecule has 3 aliphatic rings. The van der Waals surface area contributed by atoms with Crippen LogP contribution in [0.25, 0.3) is 0 Å². The van der Waals surface area contributed by atoms with Crippen molar-refractivity contribution in [1.29, 1.82) is 0 Å². The Labute approximate surface area is 132 Å². The normalized spacial score (nSPS) is 30.1. The molecule has 3 N–H and O–H groups in total. The first-order valence-corrected chi connectivity index (χ1v) is 8.68. The molecule has 124 valence electrons. The van der Waals surface area contributed by atoms with Crippen LogP contribution in [0.15, 0.2) is 0 Å². The topological polar surface area (TPSA) is 78.7 Å². The summed E-state index contributed by atoms with van der Waals surface area (Å²) in [4.78, 5) is 28.5. The highest BCUT2D eigenvalue weighted by Gasteiger charge is 2.31. The molecule has 2 atom stereocenters. The second-order valence-corrected chi connectivity index (χ2v) is 7.07. The van der Waals surface area contributed by atoms with Gasteiger partial charge in [-0.15, -0.1) is 0 Å². The summed E-state index contributed by atoms with van der Waals surface area (Å²) in [5, 5.41) is 3.02. The lowest BCUT2D eigenvalue weighted by atomic mass is 9.85. The fraction of sp³-hybridized carbons (Fsp3) is 0.875. The van der Waals surface area contributed by atoms with Crippen LogP contribution in [-0.4, -0.2) is 66.4 Å². The van der Waals surface area contributed by atoms with Crippen molar-refractivity contribution in [3.05, 3.63) is 0 Å². The Morgan fingerprint density at radius 1 is 1.05 bits per heavy atom. The van der Waals surface area contributed by atoms with E-state index in [1.165, 1.54) is 0 Å². The lowest BCUT2D eigenvalue weighted by Crippen LogP contribution is -2.53. The first-order valence-electron chi connectivity index (χ1n) is 8.68. The van der Waals surface area contributed by atoms with Crippen molar-refractivity contribution in [3.8, 4) is 0 Å². The van der Waals surface area contributed by atoms with Crippen LogP contribution in [0.5, 0.6) is 0 Å². The first kappa shape index (κ1) is 15.7. The SMILES string of the molecule is NC1CCCC(C(=O)N2CCN(CC(=O)NC3CC3)CC2)C1. The Bertz CT molecular complexity index is 416. The molecule has 1 heterocycles. The molecular formula is C16H28N4O2. The number of hydrogen-bond donors (Lipinski definition) is 2. The van der Waals surface area contributed by atoms with Gasteiger partial charge in [-0.2, -0.15) is 0 Å². The van der Waals surface area contributed by atoms with Crippen LogP contribution in [0.3, 0.4) is 0 Å². The molecule has 2 unspecified atom stereocenters. The van der Waals surface area contributed by atoms with Crippen LogP contribution in [0, 0.1) is 5.92 Å². The van der Waals surface area contributed by atoms with Crippen molar-refractivity contribution in [3.63, 3.8) is 0 Å². The molecule has 0 radical (unpaired) electrons. The maximum Gasteiger partial charge on any atom is 0.234 e. The van der Waals surface area contributed by atoms with E-state index in [0.717, 1.165) is 64.7 Å². The van der Waals surface area contributed by atoms with Gasteiger partial charge in [0, 0.05) is 44.2 Å². The minimum absolute atomic E-state index is 0.119. The summed E-state index contributed by atoms with van der Waals surface area (Å²) in [6, 6.07) is 0.612. The molecule has 0 bridgehead atoms. The van der Waals surface area contributed by atoms with Gasteiger partial charge in [0.1, 0.15) is 0 Å². The molecule has 2 amide bonds. The van der Waals surface area contributed by atoms with Gasteiger partial charge in [0.05, 0.1) is 6.54 Å². The molecule has 0 aromatic heterocycles. The summed E-state index contributed by atoms with van der Waals surface area (Å²) in [7, 11) is 0. The van der Waals surface area contributed by atoms with E-state index in [2.05, 4.69) is 10.2 Å². The van der Waals surface area contributed by atoms with Gasteiger partial charge in [-0.1, -0.05) is 6.42 Å². The molecule has 3 rings (SSSR count). The molecule has 22 heavy (non-hydrogen) atoms. The number of nitrogens with one attached hydrogen (secondary N) is 1. The van der Waals surface area contributed by atoms with Gasteiger partial charge in [-0.3, -0.25) is 14.5 Å². The van der Waals surface area contributed by atoms with Gasteiger partial charge < -0.3 is 16.0 Å². The van der Waals surface area contributed by atoms with E-state index in [-0.39, 0.29) is 23.8 Å². The van der Waals surface area contributed by atoms with Crippen molar-refractivity contribution >= 4 is 11.8 Å². The maximum absolute atomic E-state index is 12.6. The minimum atomic E-state index is 0.119. The molecule has 3 fully saturated rings. The second kappa shape index (κ2) is 6.96. The van der Waals surface area contributed by atoms with E-state index < -0.39 is 0 Å². The number of piperazine rings is 1. The average Bonchev–Trinajstić information content (AvgIpc) is 3.31. The third kappa shape index (κ3) is 4.20. The Kier molecular flexibility index (Phi) is 4.98. The predicted molar refractivity (Wildman–Crippen MR) is 84.1 cm³/mol.